The van der Waals surface area contributed by atoms with E-state index in [-0.39, 0.29) is 11.9 Å². The van der Waals surface area contributed by atoms with Crippen molar-refractivity contribution in [2.75, 3.05) is 11.9 Å². The van der Waals surface area contributed by atoms with E-state index in [1.54, 1.807) is 13.0 Å². The highest BCUT2D eigenvalue weighted by atomic mass is 19.1. The van der Waals surface area contributed by atoms with Crippen LogP contribution >= 0.6 is 0 Å². The van der Waals surface area contributed by atoms with Crippen molar-refractivity contribution in [2.24, 2.45) is 11.7 Å². The first-order chi connectivity index (χ1) is 8.73. The fraction of sp³-hybridized carbons (Fsp3) is 0.625. The number of hydrogen-bond acceptors (Lipinski definition) is 2. The van der Waals surface area contributed by atoms with Crippen LogP contribution in [0.4, 0.5) is 10.1 Å². The van der Waals surface area contributed by atoms with Crippen LogP contribution in [0, 0.1) is 18.7 Å². The van der Waals surface area contributed by atoms with Crippen LogP contribution in [0.2, 0.25) is 0 Å². The lowest BCUT2D eigenvalue weighted by molar-refractivity contribution is 0.502. The van der Waals surface area contributed by atoms with Gasteiger partial charge in [-0.3, -0.25) is 0 Å². The maximum absolute atomic E-state index is 13.7. The highest BCUT2D eigenvalue weighted by Crippen LogP contribution is 2.29. The molecule has 19 heavy (non-hydrogen) atoms. The summed E-state index contributed by atoms with van der Waals surface area (Å²) in [5, 5.41) is 0. The van der Waals surface area contributed by atoms with E-state index in [1.807, 2.05) is 13.0 Å². The molecule has 2 atom stereocenters. The number of halogens is 1. The number of nitrogens with zero attached hydrogens (tertiary/aromatic N) is 1. The van der Waals surface area contributed by atoms with E-state index in [9.17, 15) is 4.39 Å². The number of benzene rings is 1. The van der Waals surface area contributed by atoms with Gasteiger partial charge in [-0.05, 0) is 56.4 Å². The van der Waals surface area contributed by atoms with E-state index in [0.29, 0.717) is 17.5 Å². The summed E-state index contributed by atoms with van der Waals surface area (Å²) < 4.78 is 13.7. The first-order valence-electron chi connectivity index (χ1n) is 7.02. The Morgan fingerprint density at radius 1 is 1.21 bits per heavy atom. The molecule has 0 aliphatic carbocycles. The van der Waals surface area contributed by atoms with Crippen LogP contribution in [0.5, 0.6) is 0 Å². The van der Waals surface area contributed by atoms with Crippen molar-refractivity contribution in [1.82, 2.24) is 0 Å². The maximum Gasteiger partial charge on any atom is 0.126 e. The Morgan fingerprint density at radius 3 is 2.26 bits per heavy atom. The third-order valence-electron chi connectivity index (χ3n) is 3.65. The van der Waals surface area contributed by atoms with Crippen molar-refractivity contribution in [2.45, 2.75) is 53.1 Å². The molecule has 1 aromatic carbocycles. The van der Waals surface area contributed by atoms with E-state index in [0.717, 1.165) is 17.7 Å². The molecule has 0 saturated heterocycles. The van der Waals surface area contributed by atoms with Crippen LogP contribution in [0.1, 0.15) is 51.3 Å². The first kappa shape index (κ1) is 16.0. The maximum atomic E-state index is 13.7. The van der Waals surface area contributed by atoms with Crippen molar-refractivity contribution in [3.05, 3.63) is 29.1 Å². The molecule has 2 nitrogen and oxygen atoms in total. The van der Waals surface area contributed by atoms with Gasteiger partial charge in [-0.25, -0.2) is 4.39 Å². The zero-order chi connectivity index (χ0) is 14.7. The molecule has 1 rings (SSSR count). The molecule has 0 fully saturated rings. The van der Waals surface area contributed by atoms with Gasteiger partial charge in [0.25, 0.3) is 0 Å². The zero-order valence-electron chi connectivity index (χ0n) is 13.0. The minimum Gasteiger partial charge on any atom is -0.372 e. The number of hydrogen-bond donors (Lipinski definition) is 1. The predicted octanol–water partition coefficient (Wildman–Crippen LogP) is 4.02. The molecule has 0 aromatic heterocycles. The lowest BCUT2D eigenvalue weighted by atomic mass is 9.99. The van der Waals surface area contributed by atoms with Gasteiger partial charge in [0, 0.05) is 24.8 Å². The summed E-state index contributed by atoms with van der Waals surface area (Å²) in [6.07, 6.45) is 1.10. The number of aryl methyl sites for hydroxylation is 1. The molecular weight excluding hydrogens is 239 g/mol. The van der Waals surface area contributed by atoms with Crippen LogP contribution in [0.3, 0.4) is 0 Å². The minimum atomic E-state index is -0.180. The number of nitrogens with two attached hydrogens (primary N) is 1. The van der Waals surface area contributed by atoms with Crippen LogP contribution < -0.4 is 10.6 Å². The standard InChI is InChI=1S/C16H27FN2/c1-10(2)7-12(4)19(6)16-8-11(3)15(17)9-14(16)13(5)18/h8-10,12-13H,7,18H2,1-6H3/t12?,13-/m0/s1. The Balaban J connectivity index is 3.13. The Kier molecular flexibility index (Phi) is 5.36. The SMILES string of the molecule is Cc1cc(N(C)C(C)CC(C)C)c([C@H](C)N)cc1F. The highest BCUT2D eigenvalue weighted by Gasteiger charge is 2.18. The summed E-state index contributed by atoms with van der Waals surface area (Å²) in [4.78, 5) is 2.21. The summed E-state index contributed by atoms with van der Waals surface area (Å²) in [7, 11) is 2.06. The third-order valence-corrected chi connectivity index (χ3v) is 3.65. The predicted molar refractivity (Wildman–Crippen MR) is 81.1 cm³/mol. The first-order valence-corrected chi connectivity index (χ1v) is 7.02. The molecule has 0 saturated carbocycles. The third kappa shape index (κ3) is 3.93. The normalized spacial score (nSPS) is 14.6. The fourth-order valence-corrected chi connectivity index (χ4v) is 2.43. The Labute approximate surface area is 116 Å². The average Bonchev–Trinajstić information content (AvgIpc) is 2.29. The molecule has 1 unspecified atom stereocenters. The summed E-state index contributed by atoms with van der Waals surface area (Å²) >= 11 is 0. The molecule has 0 bridgehead atoms. The van der Waals surface area contributed by atoms with Gasteiger partial charge in [-0.15, -0.1) is 0 Å². The lowest BCUT2D eigenvalue weighted by Gasteiger charge is -2.31. The Hall–Kier alpha value is -1.09. The van der Waals surface area contributed by atoms with Gasteiger partial charge >= 0.3 is 0 Å². The van der Waals surface area contributed by atoms with Gasteiger partial charge in [0.1, 0.15) is 5.82 Å². The topological polar surface area (TPSA) is 29.3 Å². The second-order valence-corrected chi connectivity index (χ2v) is 6.04. The molecule has 0 amide bonds. The van der Waals surface area contributed by atoms with Crippen molar-refractivity contribution >= 4 is 5.69 Å². The molecule has 0 aliphatic rings. The fourth-order valence-electron chi connectivity index (χ4n) is 2.43. The van der Waals surface area contributed by atoms with Gasteiger partial charge < -0.3 is 10.6 Å². The molecule has 0 radical (unpaired) electrons. The van der Waals surface area contributed by atoms with Gasteiger partial charge in [0.15, 0.2) is 0 Å². The minimum absolute atomic E-state index is 0.168. The number of anilines is 1. The molecule has 3 heteroatoms. The molecule has 1 aromatic rings. The molecule has 0 heterocycles. The van der Waals surface area contributed by atoms with Crippen LogP contribution in [0.15, 0.2) is 12.1 Å². The lowest BCUT2D eigenvalue weighted by Crippen LogP contribution is -2.31. The quantitative estimate of drug-likeness (QED) is 0.872. The summed E-state index contributed by atoms with van der Waals surface area (Å²) in [6, 6.07) is 3.72. The van der Waals surface area contributed by atoms with Crippen molar-refractivity contribution in [3.8, 4) is 0 Å². The monoisotopic (exact) mass is 266 g/mol. The van der Waals surface area contributed by atoms with Crippen molar-refractivity contribution < 1.29 is 4.39 Å². The van der Waals surface area contributed by atoms with E-state index in [1.165, 1.54) is 0 Å². The van der Waals surface area contributed by atoms with Gasteiger partial charge in [0.05, 0.1) is 0 Å². The highest BCUT2D eigenvalue weighted by molar-refractivity contribution is 5.57. The van der Waals surface area contributed by atoms with E-state index < -0.39 is 0 Å². The molecule has 2 N–H and O–H groups in total. The van der Waals surface area contributed by atoms with Crippen molar-refractivity contribution in [1.29, 1.82) is 0 Å². The Bertz CT molecular complexity index is 427. The molecule has 108 valence electrons. The Morgan fingerprint density at radius 2 is 1.79 bits per heavy atom. The second kappa shape index (κ2) is 6.38. The molecule has 0 spiro atoms. The van der Waals surface area contributed by atoms with Gasteiger partial charge in [0.2, 0.25) is 0 Å². The van der Waals surface area contributed by atoms with Crippen LogP contribution in [-0.4, -0.2) is 13.1 Å². The molecule has 0 aliphatic heterocycles. The van der Waals surface area contributed by atoms with Crippen LogP contribution in [-0.2, 0) is 0 Å². The summed E-state index contributed by atoms with van der Waals surface area (Å²) in [5.41, 5.74) is 8.57. The zero-order valence-corrected chi connectivity index (χ0v) is 13.0. The van der Waals surface area contributed by atoms with E-state index in [2.05, 4.69) is 32.7 Å². The summed E-state index contributed by atoms with van der Waals surface area (Å²) in [6.45, 7) is 10.3. The van der Waals surface area contributed by atoms with Gasteiger partial charge in [-0.1, -0.05) is 13.8 Å². The van der Waals surface area contributed by atoms with Crippen molar-refractivity contribution in [3.63, 3.8) is 0 Å². The smallest absolute Gasteiger partial charge is 0.126 e. The second-order valence-electron chi connectivity index (χ2n) is 6.04. The summed E-state index contributed by atoms with van der Waals surface area (Å²) in [5.74, 6) is 0.457. The van der Waals surface area contributed by atoms with Gasteiger partial charge in [-0.2, -0.15) is 0 Å². The largest absolute Gasteiger partial charge is 0.372 e. The average molecular weight is 266 g/mol. The van der Waals surface area contributed by atoms with Crippen LogP contribution in [0.25, 0.3) is 0 Å². The molecular formula is C16H27FN2. The van der Waals surface area contributed by atoms with E-state index >= 15 is 0 Å². The van der Waals surface area contributed by atoms with E-state index in [4.69, 9.17) is 5.73 Å². The number of rotatable bonds is 5.